The predicted octanol–water partition coefficient (Wildman–Crippen LogP) is 10.7. The average Bonchev–Trinajstić information content (AvgIpc) is 3.06. The molecular weight excluding hydrogens is 666 g/mol. The monoisotopic (exact) mass is 728 g/mol. The van der Waals surface area contributed by atoms with Gasteiger partial charge in [0.1, 0.15) is 5.82 Å². The molecule has 0 saturated heterocycles. The van der Waals surface area contributed by atoms with E-state index in [-0.39, 0.29) is 63.0 Å². The second-order valence-electron chi connectivity index (χ2n) is 11.1. The van der Waals surface area contributed by atoms with Gasteiger partial charge < -0.3 is 12.0 Å². The first-order chi connectivity index (χ1) is 23.5. The van der Waals surface area contributed by atoms with Gasteiger partial charge in [-0.05, 0) is 76.3 Å². The van der Waals surface area contributed by atoms with Gasteiger partial charge in [-0.2, -0.15) is 25.3 Å². The van der Waals surface area contributed by atoms with Crippen molar-refractivity contribution in [3.63, 3.8) is 0 Å². The summed E-state index contributed by atoms with van der Waals surface area (Å²) in [5, 5.41) is 8.06. The number of Topliss-reactive ketones (excluding diaryl/α,β-unsaturated/α-hetero) is 1. The SMILES string of the molecule is C=C(C)/C(=C/C)C(C)=O.C=C(C)C.CC.CC.[CH2-]CCC[CH-]C(=O)O.[CH2-]c1c(F)cc(-c2cccc(-c3cccc(C)c3C)c2F)cc1CC.[K+]. The third-order valence-corrected chi connectivity index (χ3v) is 6.77. The first kappa shape index (κ1) is 55.0. The Labute approximate surface area is 353 Å². The van der Waals surface area contributed by atoms with Crippen molar-refractivity contribution in [2.75, 3.05) is 0 Å². The van der Waals surface area contributed by atoms with Crippen molar-refractivity contribution in [2.24, 2.45) is 0 Å². The number of hydrogen-bond acceptors (Lipinski definition) is 2. The molecule has 278 valence electrons. The molecule has 0 atom stereocenters. The second kappa shape index (κ2) is 31.9. The van der Waals surface area contributed by atoms with Crippen LogP contribution in [0, 0.1) is 45.8 Å². The summed E-state index contributed by atoms with van der Waals surface area (Å²) in [6.07, 6.45) is 6.01. The van der Waals surface area contributed by atoms with Gasteiger partial charge >= 0.3 is 51.4 Å². The van der Waals surface area contributed by atoms with E-state index >= 15 is 4.39 Å². The van der Waals surface area contributed by atoms with Gasteiger partial charge in [0.25, 0.3) is 0 Å². The minimum absolute atomic E-state index is 0. The summed E-state index contributed by atoms with van der Waals surface area (Å²) in [4.78, 5) is 20.5. The number of rotatable bonds is 9. The molecule has 51 heavy (non-hydrogen) atoms. The molecule has 0 heterocycles. The topological polar surface area (TPSA) is 54.4 Å². The Hall–Kier alpha value is -2.74. The first-order valence-electron chi connectivity index (χ1n) is 17.3. The molecule has 0 fully saturated rings. The van der Waals surface area contributed by atoms with Gasteiger partial charge in [0.15, 0.2) is 11.8 Å². The molecule has 3 aromatic rings. The van der Waals surface area contributed by atoms with E-state index in [0.29, 0.717) is 35.1 Å². The van der Waals surface area contributed by atoms with Crippen LogP contribution in [0.5, 0.6) is 0 Å². The van der Waals surface area contributed by atoms with E-state index in [1.165, 1.54) is 18.1 Å². The molecular formula is C45H63F2KO3-2. The van der Waals surface area contributed by atoms with Gasteiger partial charge in [-0.25, -0.2) is 4.39 Å². The molecule has 3 aromatic carbocycles. The molecule has 0 aliphatic carbocycles. The summed E-state index contributed by atoms with van der Waals surface area (Å²) in [5.41, 5.74) is 8.44. The maximum atomic E-state index is 15.3. The van der Waals surface area contributed by atoms with E-state index in [9.17, 15) is 14.0 Å². The number of carbonyl (C=O) groups excluding carboxylic acids is 1. The minimum Gasteiger partial charge on any atom is -0.503 e. The minimum atomic E-state index is -0.835. The summed E-state index contributed by atoms with van der Waals surface area (Å²) < 4.78 is 29.5. The maximum absolute atomic E-state index is 15.3. The van der Waals surface area contributed by atoms with Crippen LogP contribution >= 0.6 is 0 Å². The number of aryl methyl sites for hydroxylation is 2. The van der Waals surface area contributed by atoms with Crippen LogP contribution in [0.2, 0.25) is 0 Å². The standard InChI is InChI=1S/C23H21F2.C8H12O.C6H10O2.C4H8.2C2H6.K/c1-5-17-12-18(13-22(24)16(17)4)20-10-7-11-21(23(20)25)19-9-6-8-14(2)15(19)3;1-5-8(6(2)3)7(4)9;1-2-3-4-5-6(7)8;1-4(2)3;2*1-2;/h6-13H,4-5H2,1-3H3;5H,2H2,1,3-4H3;5H,1-4H2,(H,7,8);1H2,2-3H3;2*1-2H3;/q-1;;-2;;;;+1/b;8-5-;;;;;. The van der Waals surface area contributed by atoms with Crippen LogP contribution in [0.3, 0.4) is 0 Å². The Bertz CT molecular complexity index is 1500. The number of carboxylic acid groups (broad SMARTS) is 1. The Balaban J connectivity index is -0.000000352. The fourth-order valence-corrected chi connectivity index (χ4v) is 4.29. The number of carbonyl (C=O) groups is 2. The number of ketones is 1. The summed E-state index contributed by atoms with van der Waals surface area (Å²) in [5.74, 6) is -1.47. The van der Waals surface area contributed by atoms with E-state index in [1.807, 2.05) is 106 Å². The maximum Gasteiger partial charge on any atom is 1.00 e. The molecule has 6 heteroatoms. The Morgan fingerprint density at radius 3 is 1.80 bits per heavy atom. The van der Waals surface area contributed by atoms with Gasteiger partial charge in [0, 0.05) is 22.5 Å². The summed E-state index contributed by atoms with van der Waals surface area (Å²) in [6, 6.07) is 14.3. The van der Waals surface area contributed by atoms with Crippen LogP contribution in [0.4, 0.5) is 8.78 Å². The Kier molecular flexibility index (Phi) is 34.5. The van der Waals surface area contributed by atoms with Gasteiger partial charge in [-0.15, -0.1) is 24.6 Å². The number of allylic oxidation sites excluding steroid dienone is 4. The number of carboxylic acids is 1. The number of hydrogen-bond donors (Lipinski definition) is 1. The molecule has 0 aliphatic heterocycles. The fraction of sp³-hybridized carbons (Fsp3) is 0.356. The van der Waals surface area contributed by atoms with Crippen molar-refractivity contribution < 1.29 is 74.9 Å². The number of benzene rings is 3. The predicted molar refractivity (Wildman–Crippen MR) is 214 cm³/mol. The van der Waals surface area contributed by atoms with Crippen molar-refractivity contribution in [3.8, 4) is 22.3 Å². The van der Waals surface area contributed by atoms with Crippen molar-refractivity contribution in [1.29, 1.82) is 0 Å². The normalized spacial score (nSPS) is 9.43. The van der Waals surface area contributed by atoms with Gasteiger partial charge in [0.2, 0.25) is 0 Å². The summed E-state index contributed by atoms with van der Waals surface area (Å²) >= 11 is 0. The largest absolute Gasteiger partial charge is 1.00 e. The molecule has 0 spiro atoms. The van der Waals surface area contributed by atoms with Crippen molar-refractivity contribution >= 4 is 11.8 Å². The molecule has 0 unspecified atom stereocenters. The second-order valence-corrected chi connectivity index (χ2v) is 11.1. The molecule has 3 rings (SSSR count). The molecule has 0 radical (unpaired) electrons. The average molecular weight is 729 g/mol. The van der Waals surface area contributed by atoms with Gasteiger partial charge in [-0.3, -0.25) is 20.4 Å². The quantitative estimate of drug-likeness (QED) is 0.0596. The van der Waals surface area contributed by atoms with Crippen molar-refractivity contribution in [1.82, 2.24) is 0 Å². The zero-order valence-electron chi connectivity index (χ0n) is 33.9. The summed E-state index contributed by atoms with van der Waals surface area (Å²) in [7, 11) is 0. The molecule has 3 nitrogen and oxygen atoms in total. The van der Waals surface area contributed by atoms with E-state index in [2.05, 4.69) is 27.0 Å². The zero-order chi connectivity index (χ0) is 39.6. The van der Waals surface area contributed by atoms with Crippen LogP contribution in [0.25, 0.3) is 22.3 Å². The molecule has 1 N–H and O–H groups in total. The van der Waals surface area contributed by atoms with E-state index in [0.717, 1.165) is 46.2 Å². The van der Waals surface area contributed by atoms with Gasteiger partial charge in [0.05, 0.1) is 0 Å². The third-order valence-electron chi connectivity index (χ3n) is 6.77. The van der Waals surface area contributed by atoms with E-state index < -0.39 is 11.8 Å². The first-order valence-corrected chi connectivity index (χ1v) is 17.3. The Morgan fingerprint density at radius 1 is 0.902 bits per heavy atom. The Morgan fingerprint density at radius 2 is 1.39 bits per heavy atom. The van der Waals surface area contributed by atoms with Crippen LogP contribution in [-0.4, -0.2) is 16.9 Å². The zero-order valence-corrected chi connectivity index (χ0v) is 37.1. The molecule has 0 aromatic heterocycles. The number of aliphatic carboxylic acids is 1. The fourth-order valence-electron chi connectivity index (χ4n) is 4.29. The molecule has 0 aliphatic rings. The number of unbranched alkanes of at least 4 members (excludes halogenated alkanes) is 2. The van der Waals surface area contributed by atoms with Gasteiger partial charge in [-0.1, -0.05) is 102 Å². The van der Waals surface area contributed by atoms with Crippen LogP contribution < -0.4 is 51.4 Å². The molecule has 0 amide bonds. The molecule has 0 bridgehead atoms. The molecule has 0 saturated carbocycles. The smallest absolute Gasteiger partial charge is 0.503 e. The van der Waals surface area contributed by atoms with Crippen LogP contribution in [0.1, 0.15) is 111 Å². The van der Waals surface area contributed by atoms with Crippen molar-refractivity contribution in [3.05, 3.63) is 139 Å². The van der Waals surface area contributed by atoms with E-state index in [1.54, 1.807) is 25.1 Å². The van der Waals surface area contributed by atoms with Crippen LogP contribution in [0.15, 0.2) is 84.5 Å². The van der Waals surface area contributed by atoms with Crippen molar-refractivity contribution in [2.45, 2.75) is 109 Å². The van der Waals surface area contributed by atoms with E-state index in [4.69, 9.17) is 5.11 Å². The third kappa shape index (κ3) is 22.0. The number of halogens is 2. The summed E-state index contributed by atoms with van der Waals surface area (Å²) in [6.45, 7) is 37.6. The van der Waals surface area contributed by atoms with Crippen LogP contribution in [-0.2, 0) is 16.0 Å².